The minimum absolute atomic E-state index is 0.00694. The van der Waals surface area contributed by atoms with Crippen molar-refractivity contribution in [3.05, 3.63) is 0 Å². The average Bonchev–Trinajstić information content (AvgIpc) is 2.12. The number of hydroxylamine groups is 2. The predicted molar refractivity (Wildman–Crippen MR) is 23.2 cm³/mol. The highest BCUT2D eigenvalue weighted by atomic mass is 16.8. The fraction of sp³-hybridized carbons (Fsp3) is 1.00. The Morgan fingerprint density at radius 2 is 2.38 bits per heavy atom. The molecule has 1 aliphatic heterocycles. The molecule has 1 aliphatic rings. The lowest BCUT2D eigenvalue weighted by Gasteiger charge is -2.12. The highest BCUT2D eigenvalue weighted by Gasteiger charge is 2.18. The fourth-order valence-electron chi connectivity index (χ4n) is 0.560. The molecule has 48 valence electrons. The number of hydrogen-bond donors (Lipinski definition) is 3. The summed E-state index contributed by atoms with van der Waals surface area (Å²) in [6, 6.07) is 0. The van der Waals surface area contributed by atoms with Gasteiger partial charge in [-0.05, 0) is 5.23 Å². The minimum Gasteiger partial charge on any atom is -0.345 e. The van der Waals surface area contributed by atoms with Gasteiger partial charge in [0.15, 0.2) is 0 Å². The molecule has 0 aromatic heterocycles. The van der Waals surface area contributed by atoms with Crippen LogP contribution in [-0.4, -0.2) is 35.1 Å². The molecule has 1 atom stereocenters. The molecule has 8 heavy (non-hydrogen) atoms. The van der Waals surface area contributed by atoms with Gasteiger partial charge in [-0.3, -0.25) is 15.7 Å². The van der Waals surface area contributed by atoms with Gasteiger partial charge < -0.3 is 4.74 Å². The van der Waals surface area contributed by atoms with Gasteiger partial charge in [-0.1, -0.05) is 0 Å². The van der Waals surface area contributed by atoms with E-state index in [1.165, 1.54) is 0 Å². The van der Waals surface area contributed by atoms with E-state index < -0.39 is 6.35 Å². The van der Waals surface area contributed by atoms with Crippen LogP contribution in [0.15, 0.2) is 0 Å². The average molecular weight is 120 g/mol. The minimum atomic E-state index is -0.741. The van der Waals surface area contributed by atoms with Gasteiger partial charge in [0.05, 0.1) is 6.61 Å². The summed E-state index contributed by atoms with van der Waals surface area (Å²) in [6.45, 7) is 1.17. The SMILES string of the molecule is ON(O)C1NCCO1. The third kappa shape index (κ3) is 1.15. The number of nitrogens with one attached hydrogen (secondary N) is 1. The van der Waals surface area contributed by atoms with Crippen molar-refractivity contribution in [2.45, 2.75) is 6.35 Å². The van der Waals surface area contributed by atoms with Crippen molar-refractivity contribution in [1.82, 2.24) is 10.5 Å². The molecule has 1 fully saturated rings. The fourth-order valence-corrected chi connectivity index (χ4v) is 0.560. The van der Waals surface area contributed by atoms with Crippen LogP contribution in [0, 0.1) is 0 Å². The molecule has 1 saturated heterocycles. The largest absolute Gasteiger partial charge is 0.345 e. The van der Waals surface area contributed by atoms with Crippen LogP contribution in [-0.2, 0) is 4.74 Å². The van der Waals surface area contributed by atoms with Gasteiger partial charge in [-0.15, -0.1) is 0 Å². The molecule has 0 aliphatic carbocycles. The van der Waals surface area contributed by atoms with E-state index in [9.17, 15) is 0 Å². The molecule has 1 unspecified atom stereocenters. The van der Waals surface area contributed by atoms with E-state index in [2.05, 4.69) is 5.32 Å². The maximum absolute atomic E-state index is 8.25. The first kappa shape index (κ1) is 5.93. The Labute approximate surface area is 46.4 Å². The van der Waals surface area contributed by atoms with Gasteiger partial charge in [-0.25, -0.2) is 0 Å². The van der Waals surface area contributed by atoms with Crippen LogP contribution in [0.3, 0.4) is 0 Å². The maximum Gasteiger partial charge on any atom is 0.214 e. The standard InChI is InChI=1S/C3H8N2O3/c6-5(7)3-4-1-2-8-3/h3-4,6-7H,1-2H2. The molecule has 0 aromatic carbocycles. The molecule has 1 heterocycles. The van der Waals surface area contributed by atoms with Crippen molar-refractivity contribution >= 4 is 0 Å². The predicted octanol–water partition coefficient (Wildman–Crippen LogP) is -1.03. The molecular weight excluding hydrogens is 112 g/mol. The third-order valence-electron chi connectivity index (χ3n) is 0.906. The van der Waals surface area contributed by atoms with E-state index in [4.69, 9.17) is 15.2 Å². The van der Waals surface area contributed by atoms with Gasteiger partial charge in [0.25, 0.3) is 0 Å². The third-order valence-corrected chi connectivity index (χ3v) is 0.906. The Morgan fingerprint density at radius 3 is 2.62 bits per heavy atom. The Balaban J connectivity index is 2.24. The van der Waals surface area contributed by atoms with Crippen LogP contribution < -0.4 is 5.32 Å². The zero-order chi connectivity index (χ0) is 5.98. The van der Waals surface area contributed by atoms with E-state index in [0.717, 1.165) is 0 Å². The van der Waals surface area contributed by atoms with Crippen LogP contribution in [0.25, 0.3) is 0 Å². The molecule has 0 bridgehead atoms. The first-order valence-corrected chi connectivity index (χ1v) is 2.32. The summed E-state index contributed by atoms with van der Waals surface area (Å²) in [7, 11) is 0. The van der Waals surface area contributed by atoms with E-state index in [1.54, 1.807) is 0 Å². The molecule has 0 radical (unpaired) electrons. The second-order valence-corrected chi connectivity index (χ2v) is 1.50. The van der Waals surface area contributed by atoms with Gasteiger partial charge in [0.1, 0.15) is 0 Å². The Hall–Kier alpha value is -0.200. The molecule has 0 amide bonds. The zero-order valence-corrected chi connectivity index (χ0v) is 4.24. The number of hydrogen-bond acceptors (Lipinski definition) is 5. The topological polar surface area (TPSA) is 65.0 Å². The molecular formula is C3H8N2O3. The smallest absolute Gasteiger partial charge is 0.214 e. The molecule has 0 aromatic rings. The highest BCUT2D eigenvalue weighted by molar-refractivity contribution is 4.53. The summed E-state index contributed by atoms with van der Waals surface area (Å²) >= 11 is 0. The normalized spacial score (nSPS) is 29.6. The van der Waals surface area contributed by atoms with E-state index >= 15 is 0 Å². The van der Waals surface area contributed by atoms with Crippen LogP contribution in [0.2, 0.25) is 0 Å². The maximum atomic E-state index is 8.25. The second-order valence-electron chi connectivity index (χ2n) is 1.50. The van der Waals surface area contributed by atoms with Gasteiger partial charge in [0, 0.05) is 6.54 Å². The zero-order valence-electron chi connectivity index (χ0n) is 4.24. The molecule has 5 nitrogen and oxygen atoms in total. The lowest BCUT2D eigenvalue weighted by atomic mass is 10.7. The van der Waals surface area contributed by atoms with Gasteiger partial charge in [0.2, 0.25) is 6.35 Å². The first-order valence-electron chi connectivity index (χ1n) is 2.32. The summed E-state index contributed by atoms with van der Waals surface area (Å²) in [4.78, 5) is 0. The summed E-state index contributed by atoms with van der Waals surface area (Å²) in [5.41, 5.74) is 0. The van der Waals surface area contributed by atoms with Crippen LogP contribution in [0.5, 0.6) is 0 Å². The van der Waals surface area contributed by atoms with Crippen molar-refractivity contribution in [2.75, 3.05) is 13.2 Å². The van der Waals surface area contributed by atoms with Crippen LogP contribution in [0.1, 0.15) is 0 Å². The Morgan fingerprint density at radius 1 is 1.62 bits per heavy atom. The number of nitrogens with zero attached hydrogens (tertiary/aromatic N) is 1. The Bertz CT molecular complexity index is 70.9. The molecule has 0 saturated carbocycles. The van der Waals surface area contributed by atoms with E-state index in [-0.39, 0.29) is 5.23 Å². The van der Waals surface area contributed by atoms with Crippen molar-refractivity contribution in [2.24, 2.45) is 0 Å². The molecule has 3 N–H and O–H groups in total. The molecule has 5 heteroatoms. The number of rotatable bonds is 1. The van der Waals surface area contributed by atoms with Crippen LogP contribution in [0.4, 0.5) is 0 Å². The monoisotopic (exact) mass is 120 g/mol. The summed E-state index contributed by atoms with van der Waals surface area (Å²) in [5, 5.41) is 19.2. The summed E-state index contributed by atoms with van der Waals surface area (Å²) in [6.07, 6.45) is -0.741. The lowest BCUT2D eigenvalue weighted by molar-refractivity contribution is -0.374. The second kappa shape index (κ2) is 2.38. The van der Waals surface area contributed by atoms with Gasteiger partial charge in [-0.2, -0.15) is 0 Å². The first-order chi connectivity index (χ1) is 3.80. The quantitative estimate of drug-likeness (QED) is 0.386. The lowest BCUT2D eigenvalue weighted by Crippen LogP contribution is -2.38. The van der Waals surface area contributed by atoms with E-state index in [0.29, 0.717) is 13.2 Å². The molecule has 1 rings (SSSR count). The van der Waals surface area contributed by atoms with E-state index in [1.807, 2.05) is 0 Å². The van der Waals surface area contributed by atoms with Crippen molar-refractivity contribution < 1.29 is 15.2 Å². The van der Waals surface area contributed by atoms with Gasteiger partial charge >= 0.3 is 0 Å². The highest BCUT2D eigenvalue weighted by Crippen LogP contribution is 1.95. The van der Waals surface area contributed by atoms with Crippen molar-refractivity contribution in [1.29, 1.82) is 0 Å². The Kier molecular flexibility index (Phi) is 1.77. The summed E-state index contributed by atoms with van der Waals surface area (Å²) < 4.78 is 4.73. The van der Waals surface area contributed by atoms with Crippen molar-refractivity contribution in [3.63, 3.8) is 0 Å². The summed E-state index contributed by atoms with van der Waals surface area (Å²) in [5.74, 6) is 0. The van der Waals surface area contributed by atoms with Crippen LogP contribution >= 0.6 is 0 Å². The van der Waals surface area contributed by atoms with Crippen molar-refractivity contribution in [3.8, 4) is 0 Å². The number of ether oxygens (including phenoxy) is 1. The molecule has 0 spiro atoms.